The number of rotatable bonds is 6. The Morgan fingerprint density at radius 2 is 2.00 bits per heavy atom. The van der Waals surface area contributed by atoms with E-state index in [1.165, 1.54) is 12.4 Å². The summed E-state index contributed by atoms with van der Waals surface area (Å²) in [5.74, 6) is 0.680. The Kier molecular flexibility index (Phi) is 7.10. The van der Waals surface area contributed by atoms with Crippen molar-refractivity contribution in [3.63, 3.8) is 0 Å². The van der Waals surface area contributed by atoms with Gasteiger partial charge in [-0.1, -0.05) is 11.6 Å². The van der Waals surface area contributed by atoms with Crippen LogP contribution in [-0.4, -0.2) is 35.1 Å². The van der Waals surface area contributed by atoms with Gasteiger partial charge in [0.1, 0.15) is 21.9 Å². The normalized spacial score (nSPS) is 14.6. The van der Waals surface area contributed by atoms with E-state index in [1.807, 2.05) is 0 Å². The third-order valence-electron chi connectivity index (χ3n) is 4.88. The third kappa shape index (κ3) is 5.43. The number of anilines is 1. The molecule has 0 spiro atoms. The van der Waals surface area contributed by atoms with Crippen molar-refractivity contribution in [2.45, 2.75) is 19.3 Å². The molecule has 170 valence electrons. The number of ether oxygens (including phenoxy) is 3. The molecule has 33 heavy (non-hydrogen) atoms. The van der Waals surface area contributed by atoms with Crippen molar-refractivity contribution < 1.29 is 23.8 Å². The monoisotopic (exact) mass is 531 g/mol. The van der Waals surface area contributed by atoms with Crippen LogP contribution in [0.1, 0.15) is 35.2 Å². The molecule has 1 N–H and O–H groups in total. The molecule has 1 unspecified atom stereocenters. The number of amides is 1. The van der Waals surface area contributed by atoms with E-state index in [-0.39, 0.29) is 11.9 Å². The highest BCUT2D eigenvalue weighted by Gasteiger charge is 2.30. The number of carbonyl (C=O) groups excluding carboxylic acids is 2. The smallest absolute Gasteiger partial charge is 0.313 e. The summed E-state index contributed by atoms with van der Waals surface area (Å²) in [5, 5.41) is 3.01. The Bertz CT molecular complexity index is 1170. The van der Waals surface area contributed by atoms with Crippen molar-refractivity contribution in [3.05, 3.63) is 69.5 Å². The maximum Gasteiger partial charge on any atom is 0.313 e. The molecule has 3 aromatic rings. The lowest BCUT2D eigenvalue weighted by atomic mass is 9.93. The van der Waals surface area contributed by atoms with Crippen LogP contribution in [0.3, 0.4) is 0 Å². The molecule has 1 aliphatic rings. The lowest BCUT2D eigenvalue weighted by molar-refractivity contribution is -0.145. The molecule has 0 bridgehead atoms. The minimum absolute atomic E-state index is 0.297. The molecule has 2 heterocycles. The summed E-state index contributed by atoms with van der Waals surface area (Å²) in [7, 11) is 0. The average molecular weight is 533 g/mol. The minimum Gasteiger partial charge on any atom is -0.493 e. The molecule has 1 aliphatic heterocycles. The fourth-order valence-electron chi connectivity index (χ4n) is 3.32. The van der Waals surface area contributed by atoms with Gasteiger partial charge in [-0.3, -0.25) is 9.59 Å². The molecular formula is C23H19BrClN3O5. The fourth-order valence-corrected chi connectivity index (χ4v) is 3.74. The zero-order valence-corrected chi connectivity index (χ0v) is 19.9. The summed E-state index contributed by atoms with van der Waals surface area (Å²) in [6.07, 6.45) is 3.47. The summed E-state index contributed by atoms with van der Waals surface area (Å²) < 4.78 is 17.4. The van der Waals surface area contributed by atoms with Gasteiger partial charge < -0.3 is 19.5 Å². The number of hydrogen-bond acceptors (Lipinski definition) is 7. The summed E-state index contributed by atoms with van der Waals surface area (Å²) >= 11 is 9.62. The van der Waals surface area contributed by atoms with Gasteiger partial charge >= 0.3 is 5.97 Å². The lowest BCUT2D eigenvalue weighted by Crippen LogP contribution is -2.23. The Hall–Kier alpha value is -3.17. The third-order valence-corrected chi connectivity index (χ3v) is 5.59. The molecular weight excluding hydrogens is 514 g/mol. The van der Waals surface area contributed by atoms with Gasteiger partial charge in [0.25, 0.3) is 5.91 Å². The molecule has 1 amide bonds. The van der Waals surface area contributed by atoms with Gasteiger partial charge in [-0.25, -0.2) is 9.97 Å². The second kappa shape index (κ2) is 10.2. The zero-order valence-electron chi connectivity index (χ0n) is 17.5. The molecule has 10 heteroatoms. The predicted molar refractivity (Wildman–Crippen MR) is 125 cm³/mol. The van der Waals surface area contributed by atoms with Gasteiger partial charge in [-0.05, 0) is 59.6 Å². The molecule has 2 aromatic carbocycles. The maximum absolute atomic E-state index is 12.4. The summed E-state index contributed by atoms with van der Waals surface area (Å²) in [6, 6.07) is 9.89. The Labute approximate surface area is 203 Å². The zero-order chi connectivity index (χ0) is 23.4. The second-order valence-corrected chi connectivity index (χ2v) is 8.29. The molecule has 1 atom stereocenters. The maximum atomic E-state index is 12.4. The van der Waals surface area contributed by atoms with E-state index in [4.69, 9.17) is 25.8 Å². The first-order chi connectivity index (χ1) is 15.9. The second-order valence-electron chi connectivity index (χ2n) is 7.07. The molecule has 0 radical (unpaired) electrons. The van der Waals surface area contributed by atoms with Crippen LogP contribution in [0.25, 0.3) is 0 Å². The number of halogens is 2. The van der Waals surface area contributed by atoms with Gasteiger partial charge in [-0.2, -0.15) is 0 Å². The van der Waals surface area contributed by atoms with Crippen LogP contribution in [0.5, 0.6) is 17.2 Å². The van der Waals surface area contributed by atoms with Gasteiger partial charge in [0.05, 0.1) is 36.5 Å². The highest BCUT2D eigenvalue weighted by Crippen LogP contribution is 2.42. The molecule has 0 aliphatic carbocycles. The van der Waals surface area contributed by atoms with Crippen LogP contribution >= 0.6 is 27.5 Å². The van der Waals surface area contributed by atoms with E-state index in [0.29, 0.717) is 63.5 Å². The van der Waals surface area contributed by atoms with Crippen LogP contribution < -0.4 is 14.8 Å². The number of fused-ring (bicyclic) bond motifs is 1. The largest absolute Gasteiger partial charge is 0.493 e. The van der Waals surface area contributed by atoms with Crippen LogP contribution in [0, 0.1) is 0 Å². The number of nitrogens with one attached hydrogen (secondary N) is 1. The quantitative estimate of drug-likeness (QED) is 0.426. The fraction of sp³-hybridized carbons (Fsp3) is 0.217. The van der Waals surface area contributed by atoms with Gasteiger partial charge in [-0.15, -0.1) is 0 Å². The first kappa shape index (κ1) is 23.0. The molecule has 0 saturated heterocycles. The number of nitrogens with zero attached hydrogens (tertiary/aromatic N) is 2. The number of hydrogen-bond donors (Lipinski definition) is 1. The van der Waals surface area contributed by atoms with Crippen molar-refractivity contribution in [2.24, 2.45) is 0 Å². The summed E-state index contributed by atoms with van der Waals surface area (Å²) in [5.41, 5.74) is 1.10. The van der Waals surface area contributed by atoms with Gasteiger partial charge in [0.2, 0.25) is 0 Å². The molecule has 1 aromatic heterocycles. The Morgan fingerprint density at radius 1 is 1.21 bits per heavy atom. The number of esters is 1. The molecule has 0 saturated carbocycles. The molecule has 4 rings (SSSR count). The van der Waals surface area contributed by atoms with Crippen LogP contribution in [-0.2, 0) is 9.53 Å². The summed E-state index contributed by atoms with van der Waals surface area (Å²) in [4.78, 5) is 32.8. The van der Waals surface area contributed by atoms with Gasteiger partial charge in [0.15, 0.2) is 5.82 Å². The lowest BCUT2D eigenvalue weighted by Gasteiger charge is -2.25. The van der Waals surface area contributed by atoms with Crippen LogP contribution in [0.2, 0.25) is 5.02 Å². The number of aromatic nitrogens is 2. The minimum atomic E-state index is -0.423. The van der Waals surface area contributed by atoms with Crippen molar-refractivity contribution in [1.29, 1.82) is 0 Å². The highest BCUT2D eigenvalue weighted by molar-refractivity contribution is 9.10. The van der Waals surface area contributed by atoms with Crippen LogP contribution in [0.15, 0.2) is 53.4 Å². The van der Waals surface area contributed by atoms with E-state index in [2.05, 4.69) is 31.2 Å². The topological polar surface area (TPSA) is 99.6 Å². The van der Waals surface area contributed by atoms with E-state index < -0.39 is 5.92 Å². The standard InChI is InChI=1S/C23H19BrClN3O5/c1-2-31-23(30)15-7-8-32-18-10-19(17(25)9-16(15)18)33-14-5-3-13(4-6-14)22(29)28-21-12-26-20(24)11-27-21/h3-6,9-12,15H,2,7-8H2,1H3,(H,27,28,29). The predicted octanol–water partition coefficient (Wildman–Crippen LogP) is 5.37. The average Bonchev–Trinajstić information content (AvgIpc) is 2.81. The van der Waals surface area contributed by atoms with E-state index >= 15 is 0 Å². The molecule has 0 fully saturated rings. The van der Waals surface area contributed by atoms with Crippen molar-refractivity contribution >= 4 is 45.2 Å². The SMILES string of the molecule is CCOC(=O)C1CCOc2cc(Oc3ccc(C(=O)Nc4cnc(Br)cn4)cc3)c(Cl)cc21. The Balaban J connectivity index is 1.47. The highest BCUT2D eigenvalue weighted by atomic mass is 79.9. The van der Waals surface area contributed by atoms with Crippen molar-refractivity contribution in [1.82, 2.24) is 9.97 Å². The molecule has 8 nitrogen and oxygen atoms in total. The van der Waals surface area contributed by atoms with Gasteiger partial charge in [0, 0.05) is 17.2 Å². The number of carbonyl (C=O) groups is 2. The number of benzene rings is 2. The van der Waals surface area contributed by atoms with Crippen molar-refractivity contribution in [2.75, 3.05) is 18.5 Å². The van der Waals surface area contributed by atoms with E-state index in [0.717, 1.165) is 0 Å². The summed E-state index contributed by atoms with van der Waals surface area (Å²) in [6.45, 7) is 2.47. The first-order valence-corrected chi connectivity index (χ1v) is 11.3. The Morgan fingerprint density at radius 3 is 2.70 bits per heavy atom. The van der Waals surface area contributed by atoms with E-state index in [1.54, 1.807) is 43.3 Å². The first-order valence-electron chi connectivity index (χ1n) is 10.1. The van der Waals surface area contributed by atoms with Crippen molar-refractivity contribution in [3.8, 4) is 17.2 Å². The van der Waals surface area contributed by atoms with E-state index in [9.17, 15) is 9.59 Å². The van der Waals surface area contributed by atoms with Crippen LogP contribution in [0.4, 0.5) is 5.82 Å².